The van der Waals surface area contributed by atoms with Gasteiger partial charge in [-0.3, -0.25) is 4.79 Å². The highest BCUT2D eigenvalue weighted by Gasteiger charge is 2.51. The molecule has 0 unspecified atom stereocenters. The molecule has 4 aromatic carbocycles. The number of phenols is 2. The number of carbonyl (C=O) groups excluding carboxylic acids is 1. The maximum Gasteiger partial charge on any atom is 0.244 e. The maximum absolute atomic E-state index is 14.3. The first-order chi connectivity index (χ1) is 17.5. The van der Waals surface area contributed by atoms with Crippen molar-refractivity contribution >= 4 is 11.6 Å². The molecule has 0 aliphatic carbocycles. The molecule has 4 nitrogen and oxygen atoms in total. The Kier molecular flexibility index (Phi) is 5.86. The highest BCUT2D eigenvalue weighted by Crippen LogP contribution is 2.51. The van der Waals surface area contributed by atoms with Crippen molar-refractivity contribution in [2.45, 2.75) is 53.4 Å². The third-order valence-corrected chi connectivity index (χ3v) is 7.84. The van der Waals surface area contributed by atoms with E-state index in [9.17, 15) is 15.0 Å². The number of nitrogens with one attached hydrogen (secondary N) is 1. The number of aromatic hydroxyl groups is 2. The monoisotopic (exact) mass is 491 g/mol. The van der Waals surface area contributed by atoms with Crippen molar-refractivity contribution in [1.82, 2.24) is 0 Å². The second-order valence-electron chi connectivity index (χ2n) is 10.6. The predicted molar refractivity (Wildman–Crippen MR) is 149 cm³/mol. The van der Waals surface area contributed by atoms with E-state index in [0.717, 1.165) is 55.8 Å². The maximum atomic E-state index is 14.3. The number of hydrogen-bond acceptors (Lipinski definition) is 3. The van der Waals surface area contributed by atoms with Gasteiger partial charge in [-0.05, 0) is 98.0 Å². The molecule has 37 heavy (non-hydrogen) atoms. The summed E-state index contributed by atoms with van der Waals surface area (Å²) in [7, 11) is 0. The summed E-state index contributed by atoms with van der Waals surface area (Å²) in [5, 5.41) is 24.4. The number of carbonyl (C=O) groups is 1. The summed E-state index contributed by atoms with van der Waals surface area (Å²) in [6.45, 7) is 11.6. The van der Waals surface area contributed by atoms with Gasteiger partial charge in [0, 0.05) is 11.3 Å². The lowest BCUT2D eigenvalue weighted by molar-refractivity contribution is -0.118. The number of anilines is 1. The van der Waals surface area contributed by atoms with Gasteiger partial charge in [-0.25, -0.2) is 0 Å². The Morgan fingerprint density at radius 1 is 0.676 bits per heavy atom. The van der Waals surface area contributed by atoms with E-state index in [1.54, 1.807) is 0 Å². The molecule has 188 valence electrons. The fourth-order valence-electron chi connectivity index (χ4n) is 5.87. The van der Waals surface area contributed by atoms with E-state index in [4.69, 9.17) is 0 Å². The molecule has 0 fully saturated rings. The SMILES string of the molecule is Cc1cc(Cc2ccccc2C)c2c(c1)C(c1cc(C)c(O)c(C)c1)(c1cc(C)c(O)c(C)c1)C(=O)N2. The molecule has 0 spiro atoms. The van der Waals surface area contributed by atoms with Gasteiger partial charge in [-0.1, -0.05) is 66.2 Å². The van der Waals surface area contributed by atoms with E-state index >= 15 is 0 Å². The van der Waals surface area contributed by atoms with Crippen molar-refractivity contribution in [2.24, 2.45) is 0 Å². The number of hydrogen-bond donors (Lipinski definition) is 3. The summed E-state index contributed by atoms with van der Waals surface area (Å²) in [4.78, 5) is 14.3. The normalized spacial score (nSPS) is 13.9. The van der Waals surface area contributed by atoms with Crippen LogP contribution in [0.1, 0.15) is 61.2 Å². The second kappa shape index (κ2) is 8.81. The Labute approximate surface area is 218 Å². The van der Waals surface area contributed by atoms with Gasteiger partial charge in [-0.15, -0.1) is 0 Å². The predicted octanol–water partition coefficient (Wildman–Crippen LogP) is 6.83. The van der Waals surface area contributed by atoms with E-state index in [2.05, 4.69) is 43.4 Å². The summed E-state index contributed by atoms with van der Waals surface area (Å²) in [6.07, 6.45) is 0.703. The molecule has 0 saturated carbocycles. The number of amides is 1. The van der Waals surface area contributed by atoms with Crippen LogP contribution in [-0.2, 0) is 16.6 Å². The Bertz CT molecular complexity index is 1480. The smallest absolute Gasteiger partial charge is 0.244 e. The van der Waals surface area contributed by atoms with Crippen LogP contribution >= 0.6 is 0 Å². The first-order valence-corrected chi connectivity index (χ1v) is 12.6. The van der Waals surface area contributed by atoms with Crippen LogP contribution in [-0.4, -0.2) is 16.1 Å². The van der Waals surface area contributed by atoms with Gasteiger partial charge in [0.2, 0.25) is 5.91 Å². The fourth-order valence-corrected chi connectivity index (χ4v) is 5.87. The molecular weight excluding hydrogens is 458 g/mol. The highest BCUT2D eigenvalue weighted by atomic mass is 16.3. The molecule has 1 aliphatic rings. The highest BCUT2D eigenvalue weighted by molar-refractivity contribution is 6.12. The first kappa shape index (κ1) is 24.6. The summed E-state index contributed by atoms with van der Waals surface area (Å²) in [5.74, 6) is 0.341. The summed E-state index contributed by atoms with van der Waals surface area (Å²) in [5.41, 5.74) is 9.65. The van der Waals surface area contributed by atoms with Crippen LogP contribution in [0.15, 0.2) is 60.7 Å². The molecule has 4 aromatic rings. The zero-order valence-electron chi connectivity index (χ0n) is 22.3. The van der Waals surface area contributed by atoms with Crippen LogP contribution < -0.4 is 5.32 Å². The number of aryl methyl sites for hydroxylation is 6. The van der Waals surface area contributed by atoms with E-state index in [0.29, 0.717) is 6.42 Å². The molecule has 0 atom stereocenters. The van der Waals surface area contributed by atoms with E-state index < -0.39 is 5.41 Å². The van der Waals surface area contributed by atoms with Crippen LogP contribution in [0.4, 0.5) is 5.69 Å². The van der Waals surface area contributed by atoms with Gasteiger partial charge in [0.1, 0.15) is 16.9 Å². The van der Waals surface area contributed by atoms with Crippen LogP contribution in [0.25, 0.3) is 0 Å². The summed E-state index contributed by atoms with van der Waals surface area (Å²) in [6, 6.07) is 20.2. The zero-order valence-corrected chi connectivity index (χ0v) is 22.3. The zero-order chi connectivity index (χ0) is 26.6. The van der Waals surface area contributed by atoms with Crippen molar-refractivity contribution in [3.05, 3.63) is 122 Å². The van der Waals surface area contributed by atoms with Gasteiger partial charge in [0.05, 0.1) is 0 Å². The van der Waals surface area contributed by atoms with Crippen molar-refractivity contribution in [3.8, 4) is 11.5 Å². The first-order valence-electron chi connectivity index (χ1n) is 12.6. The average Bonchev–Trinajstić information content (AvgIpc) is 3.14. The Morgan fingerprint density at radius 2 is 1.19 bits per heavy atom. The molecule has 4 heteroatoms. The largest absolute Gasteiger partial charge is 0.507 e. The molecule has 0 bridgehead atoms. The molecular formula is C33H33NO3. The lowest BCUT2D eigenvalue weighted by Gasteiger charge is -2.31. The van der Waals surface area contributed by atoms with Gasteiger partial charge in [-0.2, -0.15) is 0 Å². The molecule has 1 amide bonds. The Balaban J connectivity index is 1.85. The molecule has 0 saturated heterocycles. The second-order valence-corrected chi connectivity index (χ2v) is 10.6. The average molecular weight is 492 g/mol. The van der Waals surface area contributed by atoms with Crippen molar-refractivity contribution in [2.75, 3.05) is 5.32 Å². The van der Waals surface area contributed by atoms with Crippen LogP contribution in [0.5, 0.6) is 11.5 Å². The molecule has 0 radical (unpaired) electrons. The van der Waals surface area contributed by atoms with Gasteiger partial charge >= 0.3 is 0 Å². The quantitative estimate of drug-likeness (QED) is 0.293. The minimum atomic E-state index is -1.13. The third kappa shape index (κ3) is 3.79. The lowest BCUT2D eigenvalue weighted by atomic mass is 9.68. The topological polar surface area (TPSA) is 69.6 Å². The van der Waals surface area contributed by atoms with E-state index in [1.807, 2.05) is 64.1 Å². The minimum Gasteiger partial charge on any atom is -0.507 e. The summed E-state index contributed by atoms with van der Waals surface area (Å²) >= 11 is 0. The minimum absolute atomic E-state index is 0.131. The molecule has 3 N–H and O–H groups in total. The third-order valence-electron chi connectivity index (χ3n) is 7.84. The van der Waals surface area contributed by atoms with E-state index in [-0.39, 0.29) is 17.4 Å². The van der Waals surface area contributed by atoms with Crippen LogP contribution in [0, 0.1) is 41.5 Å². The number of phenolic OH excluding ortho intramolecular Hbond substituents is 2. The van der Waals surface area contributed by atoms with Crippen molar-refractivity contribution in [1.29, 1.82) is 0 Å². The van der Waals surface area contributed by atoms with Crippen molar-refractivity contribution in [3.63, 3.8) is 0 Å². The number of fused-ring (bicyclic) bond motifs is 1. The van der Waals surface area contributed by atoms with Crippen molar-refractivity contribution < 1.29 is 15.0 Å². The molecule has 1 aliphatic heterocycles. The summed E-state index contributed by atoms with van der Waals surface area (Å²) < 4.78 is 0. The Hall–Kier alpha value is -4.05. The molecule has 1 heterocycles. The van der Waals surface area contributed by atoms with Gasteiger partial charge in [0.15, 0.2) is 0 Å². The van der Waals surface area contributed by atoms with Crippen LogP contribution in [0.2, 0.25) is 0 Å². The molecule has 5 rings (SSSR count). The standard InChI is InChI=1S/C33H33NO3/c1-18-11-25(17-24-10-8-7-9-19(24)2)29-28(12-18)33(32(37)34-29,26-13-20(3)30(35)21(4)14-26)27-15-22(5)31(36)23(6)16-27/h7-16,35-36H,17H2,1-6H3,(H,34,37). The molecule has 0 aromatic heterocycles. The number of benzene rings is 4. The van der Waals surface area contributed by atoms with Crippen LogP contribution in [0.3, 0.4) is 0 Å². The lowest BCUT2D eigenvalue weighted by Crippen LogP contribution is -2.37. The number of rotatable bonds is 4. The fraction of sp³-hybridized carbons (Fsp3) is 0.242. The Morgan fingerprint density at radius 3 is 1.70 bits per heavy atom. The van der Waals surface area contributed by atoms with Gasteiger partial charge in [0.25, 0.3) is 0 Å². The van der Waals surface area contributed by atoms with Gasteiger partial charge < -0.3 is 15.5 Å². The van der Waals surface area contributed by atoms with E-state index in [1.165, 1.54) is 11.1 Å².